The van der Waals surface area contributed by atoms with Crippen LogP contribution in [0.4, 0.5) is 0 Å². The number of carboxylic acids is 2. The van der Waals surface area contributed by atoms with Gasteiger partial charge in [-0.1, -0.05) is 35.3 Å². The molecule has 0 bridgehead atoms. The summed E-state index contributed by atoms with van der Waals surface area (Å²) in [6.07, 6.45) is 3.07. The highest BCUT2D eigenvalue weighted by Crippen LogP contribution is 2.32. The molecule has 1 aliphatic heterocycles. The maximum Gasteiger partial charge on any atom is 0.328 e. The molecule has 0 amide bonds. The van der Waals surface area contributed by atoms with E-state index in [9.17, 15) is 9.59 Å². The van der Waals surface area contributed by atoms with Crippen LogP contribution in [0.15, 0.2) is 48.6 Å². The van der Waals surface area contributed by atoms with Crippen molar-refractivity contribution in [1.82, 2.24) is 4.90 Å². The maximum atomic E-state index is 9.55. The predicted octanol–water partition coefficient (Wildman–Crippen LogP) is 4.31. The summed E-state index contributed by atoms with van der Waals surface area (Å²) in [7, 11) is 2.15. The Morgan fingerprint density at radius 3 is 2.10 bits per heavy atom. The number of halogens is 2. The van der Waals surface area contributed by atoms with E-state index < -0.39 is 11.9 Å². The molecule has 0 aromatic heterocycles. The monoisotopic (exact) mass is 451 g/mol. The zero-order valence-electron chi connectivity index (χ0n) is 16.5. The highest BCUT2D eigenvalue weighted by Gasteiger charge is 2.18. The zero-order valence-corrected chi connectivity index (χ0v) is 18.0. The number of nitrogens with zero attached hydrogens (tertiary/aromatic N) is 1. The van der Waals surface area contributed by atoms with E-state index in [1.807, 2.05) is 36.4 Å². The first-order chi connectivity index (χ1) is 14.3. The van der Waals surface area contributed by atoms with Crippen LogP contribution in [0.3, 0.4) is 0 Å². The quantitative estimate of drug-likeness (QED) is 0.658. The number of hydrogen-bond donors (Lipinski definition) is 2. The zero-order chi connectivity index (χ0) is 22.1. The average Bonchev–Trinajstić information content (AvgIpc) is 2.90. The second kappa shape index (κ2) is 11.6. The molecule has 2 aromatic carbocycles. The van der Waals surface area contributed by atoms with Crippen molar-refractivity contribution in [3.63, 3.8) is 0 Å². The van der Waals surface area contributed by atoms with E-state index in [4.69, 9.17) is 38.2 Å². The SMILES string of the molecule is CN1CCc2c(Cl)ccc(OCc3ccc(Cl)cc3)c2CC1.O=C(O)C=CC(=O)O. The van der Waals surface area contributed by atoms with E-state index in [1.54, 1.807) is 0 Å². The lowest BCUT2D eigenvalue weighted by molar-refractivity contribution is -0.134. The minimum atomic E-state index is -1.26. The summed E-state index contributed by atoms with van der Waals surface area (Å²) in [4.78, 5) is 21.4. The third-order valence-corrected chi connectivity index (χ3v) is 5.10. The van der Waals surface area contributed by atoms with E-state index in [1.165, 1.54) is 11.1 Å². The van der Waals surface area contributed by atoms with Gasteiger partial charge in [-0.25, -0.2) is 9.59 Å². The van der Waals surface area contributed by atoms with Crippen molar-refractivity contribution in [2.45, 2.75) is 19.4 Å². The first kappa shape index (κ1) is 23.7. The van der Waals surface area contributed by atoms with Gasteiger partial charge in [0.1, 0.15) is 12.4 Å². The number of likely N-dealkylation sites (N-methyl/N-ethyl adjacent to an activating group) is 1. The summed E-state index contributed by atoms with van der Waals surface area (Å²) in [6, 6.07) is 11.7. The summed E-state index contributed by atoms with van der Waals surface area (Å²) in [6.45, 7) is 2.61. The molecule has 1 aliphatic rings. The molecule has 1 heterocycles. The fraction of sp³-hybridized carbons (Fsp3) is 0.273. The molecule has 0 saturated heterocycles. The Balaban J connectivity index is 0.000000343. The Morgan fingerprint density at radius 1 is 0.967 bits per heavy atom. The smallest absolute Gasteiger partial charge is 0.328 e. The Hall–Kier alpha value is -2.54. The number of fused-ring (bicyclic) bond motifs is 1. The van der Waals surface area contributed by atoms with Gasteiger partial charge < -0.3 is 19.8 Å². The van der Waals surface area contributed by atoms with Gasteiger partial charge in [0, 0.05) is 40.9 Å². The van der Waals surface area contributed by atoms with E-state index in [0.29, 0.717) is 18.8 Å². The maximum absolute atomic E-state index is 9.55. The Kier molecular flexibility index (Phi) is 9.17. The normalized spacial score (nSPS) is 13.7. The first-order valence-corrected chi connectivity index (χ1v) is 10.0. The van der Waals surface area contributed by atoms with Crippen LogP contribution in [0, 0.1) is 0 Å². The van der Waals surface area contributed by atoms with Crippen LogP contribution in [0.5, 0.6) is 5.75 Å². The molecule has 0 spiro atoms. The molecule has 0 radical (unpaired) electrons. The molecule has 3 rings (SSSR count). The largest absolute Gasteiger partial charge is 0.489 e. The summed E-state index contributed by atoms with van der Waals surface area (Å²) in [5, 5.41) is 17.2. The number of carbonyl (C=O) groups is 2. The summed E-state index contributed by atoms with van der Waals surface area (Å²) >= 11 is 12.3. The fourth-order valence-corrected chi connectivity index (χ4v) is 3.32. The second-order valence-corrected chi connectivity index (χ2v) is 7.57. The Labute approximate surface area is 185 Å². The molecular weight excluding hydrogens is 429 g/mol. The first-order valence-electron chi connectivity index (χ1n) is 9.26. The number of ether oxygens (including phenoxy) is 1. The third-order valence-electron chi connectivity index (χ3n) is 4.49. The highest BCUT2D eigenvalue weighted by molar-refractivity contribution is 6.31. The number of benzene rings is 2. The van der Waals surface area contributed by atoms with Gasteiger partial charge in [0.05, 0.1) is 0 Å². The lowest BCUT2D eigenvalue weighted by Crippen LogP contribution is -2.20. The van der Waals surface area contributed by atoms with E-state index >= 15 is 0 Å². The van der Waals surface area contributed by atoms with Gasteiger partial charge in [-0.2, -0.15) is 0 Å². The van der Waals surface area contributed by atoms with Crippen LogP contribution in [0.2, 0.25) is 10.0 Å². The van der Waals surface area contributed by atoms with Gasteiger partial charge in [-0.3, -0.25) is 0 Å². The van der Waals surface area contributed by atoms with Crippen molar-refractivity contribution in [3.05, 3.63) is 75.3 Å². The molecule has 2 N–H and O–H groups in total. The van der Waals surface area contributed by atoms with Gasteiger partial charge >= 0.3 is 11.9 Å². The number of rotatable bonds is 5. The average molecular weight is 452 g/mol. The molecule has 0 atom stereocenters. The molecule has 2 aromatic rings. The number of carboxylic acid groups (broad SMARTS) is 2. The van der Waals surface area contributed by atoms with Gasteiger partial charge in [0.15, 0.2) is 0 Å². The van der Waals surface area contributed by atoms with Crippen molar-refractivity contribution < 1.29 is 24.5 Å². The molecule has 6 nitrogen and oxygen atoms in total. The molecule has 8 heteroatoms. The molecule has 160 valence electrons. The number of aliphatic carboxylic acids is 2. The minimum Gasteiger partial charge on any atom is -0.489 e. The topological polar surface area (TPSA) is 87.1 Å². The predicted molar refractivity (Wildman–Crippen MR) is 117 cm³/mol. The summed E-state index contributed by atoms with van der Waals surface area (Å²) < 4.78 is 6.06. The third kappa shape index (κ3) is 7.71. The van der Waals surface area contributed by atoms with Crippen molar-refractivity contribution >= 4 is 35.1 Å². The van der Waals surface area contributed by atoms with Crippen LogP contribution in [-0.4, -0.2) is 47.2 Å². The molecule has 30 heavy (non-hydrogen) atoms. The van der Waals surface area contributed by atoms with Crippen LogP contribution in [0.25, 0.3) is 0 Å². The van der Waals surface area contributed by atoms with Gasteiger partial charge in [0.25, 0.3) is 0 Å². The van der Waals surface area contributed by atoms with Crippen LogP contribution >= 0.6 is 23.2 Å². The lowest BCUT2D eigenvalue weighted by Gasteiger charge is -2.15. The lowest BCUT2D eigenvalue weighted by atomic mass is 10.0. The molecule has 0 aliphatic carbocycles. The molecule has 0 unspecified atom stereocenters. The Morgan fingerprint density at radius 2 is 1.53 bits per heavy atom. The van der Waals surface area contributed by atoms with E-state index in [-0.39, 0.29) is 0 Å². The van der Waals surface area contributed by atoms with Crippen molar-refractivity contribution in [1.29, 1.82) is 0 Å². The second-order valence-electron chi connectivity index (χ2n) is 6.73. The van der Waals surface area contributed by atoms with Crippen LogP contribution in [-0.2, 0) is 29.0 Å². The number of hydrogen-bond acceptors (Lipinski definition) is 4. The van der Waals surface area contributed by atoms with Crippen LogP contribution < -0.4 is 4.74 Å². The van der Waals surface area contributed by atoms with Gasteiger partial charge in [0.2, 0.25) is 0 Å². The fourth-order valence-electron chi connectivity index (χ4n) is 2.92. The Bertz CT molecular complexity index is 896. The van der Waals surface area contributed by atoms with E-state index in [2.05, 4.69) is 11.9 Å². The summed E-state index contributed by atoms with van der Waals surface area (Å²) in [5.41, 5.74) is 3.60. The van der Waals surface area contributed by atoms with Crippen molar-refractivity contribution in [2.24, 2.45) is 0 Å². The highest BCUT2D eigenvalue weighted by atomic mass is 35.5. The van der Waals surface area contributed by atoms with Crippen LogP contribution in [0.1, 0.15) is 16.7 Å². The van der Waals surface area contributed by atoms with Crippen molar-refractivity contribution in [2.75, 3.05) is 20.1 Å². The molecule has 0 fully saturated rings. The van der Waals surface area contributed by atoms with Gasteiger partial charge in [-0.15, -0.1) is 0 Å². The minimum absolute atomic E-state index is 0.543. The standard InChI is InChI=1S/C18H19Cl2NO.C4H4O4/c1-21-10-8-15-16(9-11-21)18(7-6-17(15)20)22-12-13-2-4-14(19)5-3-13;5-3(6)1-2-4(7)8/h2-7H,8-12H2,1H3;1-2H,(H,5,6)(H,7,8). The van der Waals surface area contributed by atoms with Crippen molar-refractivity contribution in [3.8, 4) is 5.75 Å². The summed E-state index contributed by atoms with van der Waals surface area (Å²) in [5.74, 6) is -1.57. The van der Waals surface area contributed by atoms with E-state index in [0.717, 1.165) is 47.3 Å². The molecular formula is C22H23Cl2NO5. The molecule has 0 saturated carbocycles. The van der Waals surface area contributed by atoms with Gasteiger partial charge in [-0.05, 0) is 55.3 Å².